The zero-order valence-corrected chi connectivity index (χ0v) is 11.2. The Morgan fingerprint density at radius 2 is 2.00 bits per heavy atom. The van der Waals surface area contributed by atoms with Crippen molar-refractivity contribution >= 4 is 0 Å². The zero-order valence-electron chi connectivity index (χ0n) is 11.2. The monoisotopic (exact) mass is 232 g/mol. The van der Waals surface area contributed by atoms with E-state index < -0.39 is 0 Å². The second-order valence-corrected chi connectivity index (χ2v) is 6.22. The van der Waals surface area contributed by atoms with Crippen LogP contribution in [0.2, 0.25) is 0 Å². The number of hydrogen-bond donors (Lipinski definition) is 1. The molecular formula is C15H24N2. The predicted octanol–water partition coefficient (Wildman–Crippen LogP) is 3.04. The van der Waals surface area contributed by atoms with E-state index in [4.69, 9.17) is 0 Å². The van der Waals surface area contributed by atoms with Crippen LogP contribution < -0.4 is 5.32 Å². The summed E-state index contributed by atoms with van der Waals surface area (Å²) in [6, 6.07) is 4.90. The third-order valence-corrected chi connectivity index (χ3v) is 3.90. The van der Waals surface area contributed by atoms with Crippen LogP contribution in [0.15, 0.2) is 24.5 Å². The van der Waals surface area contributed by atoms with Gasteiger partial charge >= 0.3 is 0 Å². The fourth-order valence-electron chi connectivity index (χ4n) is 3.12. The Morgan fingerprint density at radius 1 is 1.29 bits per heavy atom. The van der Waals surface area contributed by atoms with Crippen LogP contribution in [0.1, 0.15) is 39.2 Å². The number of nitrogens with zero attached hydrogens (tertiary/aromatic N) is 1. The van der Waals surface area contributed by atoms with Crippen molar-refractivity contribution in [3.05, 3.63) is 30.1 Å². The van der Waals surface area contributed by atoms with E-state index in [1.165, 1.54) is 18.4 Å². The van der Waals surface area contributed by atoms with Gasteiger partial charge in [-0.15, -0.1) is 0 Å². The molecule has 0 saturated heterocycles. The van der Waals surface area contributed by atoms with Crippen molar-refractivity contribution in [2.45, 2.75) is 46.1 Å². The molecule has 1 aromatic rings. The maximum atomic E-state index is 4.04. The minimum atomic E-state index is 0.522. The van der Waals surface area contributed by atoms with Crippen LogP contribution in [0.5, 0.6) is 0 Å². The highest BCUT2D eigenvalue weighted by Gasteiger charge is 2.35. The van der Waals surface area contributed by atoms with Gasteiger partial charge in [0.05, 0.1) is 0 Å². The molecule has 2 heteroatoms. The highest BCUT2D eigenvalue weighted by Crippen LogP contribution is 2.40. The second kappa shape index (κ2) is 5.18. The standard InChI is InChI=1S/C15H24N2/c1-12-10-15(2,3)11-14(12)17-9-6-13-4-7-16-8-5-13/h4-5,7-8,12,14,17H,6,9-11H2,1-3H3. The lowest BCUT2D eigenvalue weighted by Crippen LogP contribution is -2.33. The largest absolute Gasteiger partial charge is 0.313 e. The molecule has 1 N–H and O–H groups in total. The Balaban J connectivity index is 1.76. The summed E-state index contributed by atoms with van der Waals surface area (Å²) in [6.45, 7) is 8.22. The van der Waals surface area contributed by atoms with Gasteiger partial charge in [0, 0.05) is 18.4 Å². The van der Waals surface area contributed by atoms with Crippen LogP contribution in [0, 0.1) is 11.3 Å². The third-order valence-electron chi connectivity index (χ3n) is 3.90. The third kappa shape index (κ3) is 3.53. The summed E-state index contributed by atoms with van der Waals surface area (Å²) in [4.78, 5) is 4.04. The molecule has 17 heavy (non-hydrogen) atoms. The van der Waals surface area contributed by atoms with E-state index in [0.717, 1.165) is 18.9 Å². The molecule has 0 aliphatic heterocycles. The Labute approximate surface area is 105 Å². The van der Waals surface area contributed by atoms with Crippen LogP contribution in [0.3, 0.4) is 0 Å². The average Bonchev–Trinajstić information content (AvgIpc) is 2.53. The molecule has 0 spiro atoms. The number of nitrogens with one attached hydrogen (secondary N) is 1. The first-order valence-electron chi connectivity index (χ1n) is 6.69. The van der Waals surface area contributed by atoms with Crippen molar-refractivity contribution in [1.82, 2.24) is 10.3 Å². The van der Waals surface area contributed by atoms with Gasteiger partial charge in [-0.2, -0.15) is 0 Å². The van der Waals surface area contributed by atoms with Gasteiger partial charge in [0.2, 0.25) is 0 Å². The molecule has 1 fully saturated rings. The molecule has 2 unspecified atom stereocenters. The minimum Gasteiger partial charge on any atom is -0.313 e. The van der Waals surface area contributed by atoms with Gasteiger partial charge in [-0.05, 0) is 54.8 Å². The van der Waals surface area contributed by atoms with E-state index in [-0.39, 0.29) is 0 Å². The van der Waals surface area contributed by atoms with Gasteiger partial charge in [-0.3, -0.25) is 4.98 Å². The maximum Gasteiger partial charge on any atom is 0.0270 e. The fourth-order valence-corrected chi connectivity index (χ4v) is 3.12. The molecule has 0 aromatic carbocycles. The topological polar surface area (TPSA) is 24.9 Å². The van der Waals surface area contributed by atoms with E-state index in [1.54, 1.807) is 0 Å². The Hall–Kier alpha value is -0.890. The van der Waals surface area contributed by atoms with E-state index in [9.17, 15) is 0 Å². The second-order valence-electron chi connectivity index (χ2n) is 6.22. The summed E-state index contributed by atoms with van der Waals surface area (Å²) in [5.41, 5.74) is 1.89. The van der Waals surface area contributed by atoms with E-state index >= 15 is 0 Å². The Bertz CT molecular complexity index is 345. The van der Waals surface area contributed by atoms with Crippen molar-refractivity contribution in [3.63, 3.8) is 0 Å². The van der Waals surface area contributed by atoms with Crippen molar-refractivity contribution in [2.24, 2.45) is 11.3 Å². The maximum absolute atomic E-state index is 4.04. The number of hydrogen-bond acceptors (Lipinski definition) is 2. The van der Waals surface area contributed by atoms with Crippen molar-refractivity contribution in [3.8, 4) is 0 Å². The fraction of sp³-hybridized carbons (Fsp3) is 0.667. The van der Waals surface area contributed by atoms with Crippen LogP contribution in [-0.2, 0) is 6.42 Å². The summed E-state index contributed by atoms with van der Waals surface area (Å²) in [5, 5.41) is 3.72. The van der Waals surface area contributed by atoms with Gasteiger partial charge in [0.25, 0.3) is 0 Å². The molecule has 0 bridgehead atoms. The summed E-state index contributed by atoms with van der Waals surface area (Å²) >= 11 is 0. The molecule has 1 heterocycles. The molecule has 2 rings (SSSR count). The molecule has 2 nitrogen and oxygen atoms in total. The molecule has 1 aliphatic rings. The molecule has 1 aliphatic carbocycles. The zero-order chi connectivity index (χ0) is 12.3. The molecule has 0 amide bonds. The SMILES string of the molecule is CC1CC(C)(C)CC1NCCc1ccncc1. The van der Waals surface area contributed by atoms with Crippen molar-refractivity contribution in [2.75, 3.05) is 6.54 Å². The first kappa shape index (κ1) is 12.6. The highest BCUT2D eigenvalue weighted by atomic mass is 14.9. The Kier molecular flexibility index (Phi) is 3.82. The predicted molar refractivity (Wildman–Crippen MR) is 71.9 cm³/mol. The smallest absolute Gasteiger partial charge is 0.0270 e. The van der Waals surface area contributed by atoms with E-state index in [1.807, 2.05) is 12.4 Å². The van der Waals surface area contributed by atoms with Gasteiger partial charge in [-0.1, -0.05) is 20.8 Å². The molecule has 94 valence electrons. The van der Waals surface area contributed by atoms with Crippen molar-refractivity contribution < 1.29 is 0 Å². The first-order valence-corrected chi connectivity index (χ1v) is 6.69. The minimum absolute atomic E-state index is 0.522. The van der Waals surface area contributed by atoms with Gasteiger partial charge < -0.3 is 5.32 Å². The van der Waals surface area contributed by atoms with Crippen LogP contribution in [0.4, 0.5) is 0 Å². The molecular weight excluding hydrogens is 208 g/mol. The number of aromatic nitrogens is 1. The summed E-state index contributed by atoms with van der Waals surface area (Å²) in [6.07, 6.45) is 7.50. The Morgan fingerprint density at radius 3 is 2.59 bits per heavy atom. The van der Waals surface area contributed by atoms with Crippen LogP contribution >= 0.6 is 0 Å². The van der Waals surface area contributed by atoms with Gasteiger partial charge in [0.15, 0.2) is 0 Å². The van der Waals surface area contributed by atoms with Gasteiger partial charge in [-0.25, -0.2) is 0 Å². The van der Waals surface area contributed by atoms with Gasteiger partial charge in [0.1, 0.15) is 0 Å². The van der Waals surface area contributed by atoms with E-state index in [2.05, 4.69) is 43.2 Å². The molecule has 1 saturated carbocycles. The average molecular weight is 232 g/mol. The molecule has 2 atom stereocenters. The summed E-state index contributed by atoms with van der Waals surface area (Å²) in [5.74, 6) is 0.808. The van der Waals surface area contributed by atoms with Crippen molar-refractivity contribution in [1.29, 1.82) is 0 Å². The van der Waals surface area contributed by atoms with E-state index in [0.29, 0.717) is 11.5 Å². The number of pyridine rings is 1. The lowest BCUT2D eigenvalue weighted by Gasteiger charge is -2.18. The summed E-state index contributed by atoms with van der Waals surface area (Å²) in [7, 11) is 0. The normalized spacial score (nSPS) is 27.2. The van der Waals surface area contributed by atoms with Crippen LogP contribution in [0.25, 0.3) is 0 Å². The molecule has 1 aromatic heterocycles. The highest BCUT2D eigenvalue weighted by molar-refractivity contribution is 5.10. The lowest BCUT2D eigenvalue weighted by molar-refractivity contribution is 0.362. The first-order chi connectivity index (χ1) is 8.07. The summed E-state index contributed by atoms with van der Waals surface area (Å²) < 4.78 is 0. The van der Waals surface area contributed by atoms with Crippen LogP contribution in [-0.4, -0.2) is 17.6 Å². The lowest BCUT2D eigenvalue weighted by atomic mass is 9.91. The molecule has 0 radical (unpaired) electrons. The quantitative estimate of drug-likeness (QED) is 0.863. The number of rotatable bonds is 4.